The molecule has 0 atom stereocenters. The molecule has 0 aromatic heterocycles. The van der Waals surface area contributed by atoms with Crippen LogP contribution in [0.2, 0.25) is 0 Å². The first kappa shape index (κ1) is 12.9. The fraction of sp³-hybridized carbons (Fsp3) is 1.00. The summed E-state index contributed by atoms with van der Waals surface area (Å²) in [5, 5.41) is 3.38. The van der Waals surface area contributed by atoms with Gasteiger partial charge in [-0.25, -0.2) is 0 Å². The highest BCUT2D eigenvalue weighted by molar-refractivity contribution is 4.92. The van der Waals surface area contributed by atoms with Gasteiger partial charge >= 0.3 is 0 Å². The summed E-state index contributed by atoms with van der Waals surface area (Å²) in [6.07, 6.45) is 2.66. The molecule has 90 valence electrons. The lowest BCUT2D eigenvalue weighted by Crippen LogP contribution is -2.57. The quantitative estimate of drug-likeness (QED) is 0.617. The monoisotopic (exact) mass is 214 g/mol. The van der Waals surface area contributed by atoms with E-state index in [1.807, 2.05) is 0 Å². The minimum atomic E-state index is 0.645. The summed E-state index contributed by atoms with van der Waals surface area (Å²) >= 11 is 0. The molecule has 1 heterocycles. The van der Waals surface area contributed by atoms with E-state index in [4.69, 9.17) is 4.74 Å². The van der Waals surface area contributed by atoms with E-state index in [0.29, 0.717) is 5.41 Å². The van der Waals surface area contributed by atoms with Gasteiger partial charge in [0.1, 0.15) is 0 Å². The van der Waals surface area contributed by atoms with Crippen LogP contribution in [-0.4, -0.2) is 51.3 Å². The molecule has 0 aliphatic carbocycles. The van der Waals surface area contributed by atoms with E-state index < -0.39 is 0 Å². The van der Waals surface area contributed by atoms with Crippen LogP contribution in [0.15, 0.2) is 0 Å². The molecule has 0 saturated carbocycles. The Morgan fingerprint density at radius 2 is 1.87 bits per heavy atom. The Morgan fingerprint density at radius 1 is 1.20 bits per heavy atom. The van der Waals surface area contributed by atoms with Crippen LogP contribution in [-0.2, 0) is 4.74 Å². The molecule has 0 aromatic rings. The Hall–Kier alpha value is -0.120. The Bertz CT molecular complexity index is 161. The summed E-state index contributed by atoms with van der Waals surface area (Å²) in [5.74, 6) is 0. The van der Waals surface area contributed by atoms with E-state index >= 15 is 0 Å². The van der Waals surface area contributed by atoms with Crippen molar-refractivity contribution in [3.63, 3.8) is 0 Å². The van der Waals surface area contributed by atoms with Crippen molar-refractivity contribution in [1.82, 2.24) is 10.2 Å². The third kappa shape index (κ3) is 3.74. The molecule has 1 aliphatic rings. The molecule has 3 nitrogen and oxygen atoms in total. The average Bonchev–Trinajstić information content (AvgIpc) is 2.21. The second kappa shape index (κ2) is 6.46. The summed E-state index contributed by atoms with van der Waals surface area (Å²) in [7, 11) is 1.74. The fourth-order valence-electron chi connectivity index (χ4n) is 2.29. The maximum absolute atomic E-state index is 4.98. The Labute approximate surface area is 94.2 Å². The van der Waals surface area contributed by atoms with Crippen LogP contribution in [0.4, 0.5) is 0 Å². The molecule has 1 N–H and O–H groups in total. The molecule has 1 fully saturated rings. The standard InChI is InChI=1S/C12H26N2O/c1-4-12(5-2)10-14(11-12)8-6-13-7-9-15-3/h13H,4-11H2,1-3H3. The van der Waals surface area contributed by atoms with Crippen molar-refractivity contribution in [2.24, 2.45) is 5.41 Å². The van der Waals surface area contributed by atoms with Gasteiger partial charge in [0, 0.05) is 39.8 Å². The van der Waals surface area contributed by atoms with Crippen molar-refractivity contribution < 1.29 is 4.74 Å². The third-order valence-electron chi connectivity index (χ3n) is 3.71. The zero-order chi connectivity index (χ0) is 11.1. The Balaban J connectivity index is 1.98. The molecule has 15 heavy (non-hydrogen) atoms. The van der Waals surface area contributed by atoms with Crippen LogP contribution >= 0.6 is 0 Å². The predicted molar refractivity (Wildman–Crippen MR) is 64.2 cm³/mol. The molecular weight excluding hydrogens is 188 g/mol. The first-order chi connectivity index (χ1) is 7.26. The summed E-state index contributed by atoms with van der Waals surface area (Å²) in [4.78, 5) is 2.55. The van der Waals surface area contributed by atoms with Crippen LogP contribution in [0.3, 0.4) is 0 Å². The van der Waals surface area contributed by atoms with E-state index in [-0.39, 0.29) is 0 Å². The van der Waals surface area contributed by atoms with Gasteiger partial charge in [0.25, 0.3) is 0 Å². The molecule has 0 bridgehead atoms. The largest absolute Gasteiger partial charge is 0.383 e. The van der Waals surface area contributed by atoms with Crippen LogP contribution in [0.1, 0.15) is 26.7 Å². The third-order valence-corrected chi connectivity index (χ3v) is 3.71. The number of nitrogens with zero attached hydrogens (tertiary/aromatic N) is 1. The summed E-state index contributed by atoms with van der Waals surface area (Å²) in [6, 6.07) is 0. The zero-order valence-electron chi connectivity index (χ0n) is 10.5. The minimum absolute atomic E-state index is 0.645. The molecular formula is C12H26N2O. The molecule has 3 heteroatoms. The second-order valence-electron chi connectivity index (χ2n) is 4.66. The number of methoxy groups -OCH3 is 1. The first-order valence-corrected chi connectivity index (χ1v) is 6.18. The topological polar surface area (TPSA) is 24.5 Å². The highest BCUT2D eigenvalue weighted by Gasteiger charge is 2.38. The van der Waals surface area contributed by atoms with Gasteiger partial charge in [0.05, 0.1) is 6.61 Å². The molecule has 1 aliphatic heterocycles. The highest BCUT2D eigenvalue weighted by atomic mass is 16.5. The molecule has 1 saturated heterocycles. The van der Waals surface area contributed by atoms with Crippen LogP contribution in [0.25, 0.3) is 0 Å². The van der Waals surface area contributed by atoms with Crippen molar-refractivity contribution in [2.45, 2.75) is 26.7 Å². The smallest absolute Gasteiger partial charge is 0.0587 e. The SMILES string of the molecule is CCC1(CC)CN(CCNCCOC)C1. The first-order valence-electron chi connectivity index (χ1n) is 6.18. The fourth-order valence-corrected chi connectivity index (χ4v) is 2.29. The van der Waals surface area contributed by atoms with Gasteiger partial charge in [-0.15, -0.1) is 0 Å². The molecule has 0 unspecified atom stereocenters. The van der Waals surface area contributed by atoms with Gasteiger partial charge in [0.15, 0.2) is 0 Å². The van der Waals surface area contributed by atoms with Gasteiger partial charge < -0.3 is 15.0 Å². The number of ether oxygens (including phenoxy) is 1. The van der Waals surface area contributed by atoms with Crippen molar-refractivity contribution in [2.75, 3.05) is 46.4 Å². The van der Waals surface area contributed by atoms with Crippen molar-refractivity contribution in [3.8, 4) is 0 Å². The zero-order valence-corrected chi connectivity index (χ0v) is 10.5. The lowest BCUT2D eigenvalue weighted by Gasteiger charge is -2.50. The lowest BCUT2D eigenvalue weighted by molar-refractivity contribution is -0.00480. The maximum atomic E-state index is 4.98. The Morgan fingerprint density at radius 3 is 2.40 bits per heavy atom. The number of nitrogens with one attached hydrogen (secondary N) is 1. The molecule has 0 amide bonds. The lowest BCUT2D eigenvalue weighted by atomic mass is 9.75. The van der Waals surface area contributed by atoms with Crippen molar-refractivity contribution >= 4 is 0 Å². The second-order valence-corrected chi connectivity index (χ2v) is 4.66. The normalized spacial score (nSPS) is 20.2. The minimum Gasteiger partial charge on any atom is -0.383 e. The van der Waals surface area contributed by atoms with Crippen molar-refractivity contribution in [1.29, 1.82) is 0 Å². The maximum Gasteiger partial charge on any atom is 0.0587 e. The Kier molecular flexibility index (Phi) is 5.58. The predicted octanol–water partition coefficient (Wildman–Crippen LogP) is 1.34. The van der Waals surface area contributed by atoms with Gasteiger partial charge in [-0.1, -0.05) is 13.8 Å². The number of hydrogen-bond donors (Lipinski definition) is 1. The van der Waals surface area contributed by atoms with Gasteiger partial charge in [-0.2, -0.15) is 0 Å². The van der Waals surface area contributed by atoms with Crippen LogP contribution in [0, 0.1) is 5.41 Å². The summed E-state index contributed by atoms with van der Waals surface area (Å²) < 4.78 is 4.98. The highest BCUT2D eigenvalue weighted by Crippen LogP contribution is 2.36. The molecule has 0 spiro atoms. The van der Waals surface area contributed by atoms with Gasteiger partial charge in [-0.05, 0) is 18.3 Å². The molecule has 1 rings (SSSR count). The van der Waals surface area contributed by atoms with Crippen LogP contribution < -0.4 is 5.32 Å². The van der Waals surface area contributed by atoms with E-state index in [0.717, 1.165) is 19.7 Å². The van der Waals surface area contributed by atoms with Crippen molar-refractivity contribution in [3.05, 3.63) is 0 Å². The van der Waals surface area contributed by atoms with Crippen LogP contribution in [0.5, 0.6) is 0 Å². The van der Waals surface area contributed by atoms with E-state index in [1.54, 1.807) is 7.11 Å². The summed E-state index contributed by atoms with van der Waals surface area (Å²) in [6.45, 7) is 11.3. The molecule has 0 aromatic carbocycles. The number of rotatable bonds is 8. The van der Waals surface area contributed by atoms with E-state index in [2.05, 4.69) is 24.1 Å². The van der Waals surface area contributed by atoms with E-state index in [9.17, 15) is 0 Å². The summed E-state index contributed by atoms with van der Waals surface area (Å²) in [5.41, 5.74) is 0.645. The van der Waals surface area contributed by atoms with Gasteiger partial charge in [-0.3, -0.25) is 0 Å². The molecule has 0 radical (unpaired) electrons. The average molecular weight is 214 g/mol. The van der Waals surface area contributed by atoms with E-state index in [1.165, 1.54) is 32.5 Å². The number of likely N-dealkylation sites (tertiary alicyclic amines) is 1. The van der Waals surface area contributed by atoms with Gasteiger partial charge in [0.2, 0.25) is 0 Å². The number of hydrogen-bond acceptors (Lipinski definition) is 3.